The molecule has 160 valence electrons. The van der Waals surface area contributed by atoms with Crippen LogP contribution < -0.4 is 10.6 Å². The van der Waals surface area contributed by atoms with Crippen LogP contribution in [0.2, 0.25) is 0 Å². The van der Waals surface area contributed by atoms with Crippen LogP contribution in [0.25, 0.3) is 0 Å². The second-order valence-corrected chi connectivity index (χ2v) is 11.4. The first-order valence-electron chi connectivity index (χ1n) is 8.91. The molecule has 2 aromatic rings. The molecule has 0 bridgehead atoms. The number of anilines is 2. The zero-order chi connectivity index (χ0) is 22.1. The van der Waals surface area contributed by atoms with Gasteiger partial charge in [-0.05, 0) is 42.8 Å². The predicted octanol–water partition coefficient (Wildman–Crippen LogP) is 2.00. The van der Waals surface area contributed by atoms with E-state index in [-0.39, 0.29) is 28.7 Å². The number of halogens is 1. The summed E-state index contributed by atoms with van der Waals surface area (Å²) in [7, 11) is -7.49. The first-order valence-corrected chi connectivity index (χ1v) is 12.3. The van der Waals surface area contributed by atoms with E-state index in [1.807, 2.05) is 0 Å². The summed E-state index contributed by atoms with van der Waals surface area (Å²) in [6, 6.07) is 8.93. The van der Waals surface area contributed by atoms with Crippen LogP contribution in [0.5, 0.6) is 0 Å². The van der Waals surface area contributed by atoms with Gasteiger partial charge in [-0.2, -0.15) is 0 Å². The summed E-state index contributed by atoms with van der Waals surface area (Å²) < 4.78 is 63.0. The van der Waals surface area contributed by atoms with E-state index in [2.05, 4.69) is 10.6 Å². The Morgan fingerprint density at radius 3 is 2.33 bits per heavy atom. The summed E-state index contributed by atoms with van der Waals surface area (Å²) in [6.45, 7) is 1.32. The average Bonchev–Trinajstić information content (AvgIpc) is 3.02. The van der Waals surface area contributed by atoms with Gasteiger partial charge in [-0.15, -0.1) is 0 Å². The van der Waals surface area contributed by atoms with E-state index >= 15 is 0 Å². The van der Waals surface area contributed by atoms with Crippen molar-refractivity contribution in [2.45, 2.75) is 23.5 Å². The summed E-state index contributed by atoms with van der Waals surface area (Å²) in [5.74, 6) is -2.84. The Morgan fingerprint density at radius 2 is 1.73 bits per heavy atom. The largest absolute Gasteiger partial charge is 0.326 e. The van der Waals surface area contributed by atoms with Gasteiger partial charge in [0.2, 0.25) is 5.91 Å². The van der Waals surface area contributed by atoms with Gasteiger partial charge in [0, 0.05) is 18.3 Å². The highest BCUT2D eigenvalue weighted by Crippen LogP contribution is 2.27. The maximum absolute atomic E-state index is 14.3. The van der Waals surface area contributed by atoms with Gasteiger partial charge in [-0.1, -0.05) is 6.07 Å². The van der Waals surface area contributed by atoms with E-state index in [9.17, 15) is 30.8 Å². The molecule has 0 unspecified atom stereocenters. The summed E-state index contributed by atoms with van der Waals surface area (Å²) >= 11 is 0. The minimum absolute atomic E-state index is 0.0421. The fourth-order valence-electron chi connectivity index (χ4n) is 3.13. The van der Waals surface area contributed by atoms with Crippen LogP contribution >= 0.6 is 0 Å². The monoisotopic (exact) mass is 454 g/mol. The van der Waals surface area contributed by atoms with Crippen molar-refractivity contribution in [1.29, 1.82) is 0 Å². The highest BCUT2D eigenvalue weighted by atomic mass is 32.2. The van der Waals surface area contributed by atoms with E-state index in [0.29, 0.717) is 5.69 Å². The van der Waals surface area contributed by atoms with Gasteiger partial charge < -0.3 is 10.6 Å². The van der Waals surface area contributed by atoms with Crippen molar-refractivity contribution in [1.82, 2.24) is 0 Å². The van der Waals surface area contributed by atoms with Gasteiger partial charge in [-0.25, -0.2) is 21.2 Å². The van der Waals surface area contributed by atoms with Crippen molar-refractivity contribution in [3.63, 3.8) is 0 Å². The first-order chi connectivity index (χ1) is 14.0. The molecule has 0 saturated carbocycles. The Balaban J connectivity index is 1.87. The van der Waals surface area contributed by atoms with Crippen LogP contribution in [0, 0.1) is 5.82 Å². The number of hydrogen-bond acceptors (Lipinski definition) is 6. The standard InChI is InChI=1S/C19H19FN2O6S2/c1-12(23)21-13-3-2-4-14(9-13)22-19(24)17-10-15(5-6-18(17)20)30(27,28)16-7-8-29(25,26)11-16/h2-6,9-10,16H,7-8,11H2,1H3,(H,21,23)(H,22,24)/t16-/m1/s1. The zero-order valence-corrected chi connectivity index (χ0v) is 17.5. The summed E-state index contributed by atoms with van der Waals surface area (Å²) in [4.78, 5) is 23.4. The highest BCUT2D eigenvalue weighted by Gasteiger charge is 2.38. The second kappa shape index (κ2) is 8.15. The third-order valence-electron chi connectivity index (χ3n) is 4.58. The molecule has 0 aromatic heterocycles. The maximum Gasteiger partial charge on any atom is 0.258 e. The molecule has 8 nitrogen and oxygen atoms in total. The van der Waals surface area contributed by atoms with Gasteiger partial charge in [0.05, 0.1) is 27.2 Å². The SMILES string of the molecule is CC(=O)Nc1cccc(NC(=O)c2cc(S(=O)(=O)[C@@H]3CCS(=O)(=O)C3)ccc2F)c1. The van der Waals surface area contributed by atoms with Crippen molar-refractivity contribution < 1.29 is 30.8 Å². The first kappa shape index (κ1) is 21.9. The van der Waals surface area contributed by atoms with Crippen LogP contribution in [0.4, 0.5) is 15.8 Å². The lowest BCUT2D eigenvalue weighted by atomic mass is 10.2. The van der Waals surface area contributed by atoms with E-state index < -0.39 is 48.0 Å². The Morgan fingerprint density at radius 1 is 1.07 bits per heavy atom. The molecular weight excluding hydrogens is 435 g/mol. The van der Waals surface area contributed by atoms with Crippen molar-refractivity contribution >= 4 is 42.9 Å². The van der Waals surface area contributed by atoms with E-state index in [1.165, 1.54) is 19.1 Å². The molecule has 0 aliphatic carbocycles. The summed E-state index contributed by atoms with van der Waals surface area (Å²) in [5, 5.41) is 3.87. The van der Waals surface area contributed by atoms with Crippen molar-refractivity contribution in [3.05, 3.63) is 53.8 Å². The molecule has 1 aliphatic rings. The lowest BCUT2D eigenvalue weighted by Crippen LogP contribution is -2.23. The topological polar surface area (TPSA) is 126 Å². The molecule has 2 aromatic carbocycles. The number of carbonyl (C=O) groups excluding carboxylic acids is 2. The molecule has 30 heavy (non-hydrogen) atoms. The summed E-state index contributed by atoms with van der Waals surface area (Å²) in [5.41, 5.74) is 0.183. The number of rotatable bonds is 5. The Bertz CT molecular complexity index is 1230. The highest BCUT2D eigenvalue weighted by molar-refractivity contribution is 7.96. The normalized spacial score (nSPS) is 18.0. The molecule has 1 heterocycles. The number of hydrogen-bond donors (Lipinski definition) is 2. The van der Waals surface area contributed by atoms with Crippen molar-refractivity contribution in [2.75, 3.05) is 22.1 Å². The summed E-state index contributed by atoms with van der Waals surface area (Å²) in [6.07, 6.45) is -0.0421. The Labute approximate surface area is 173 Å². The lowest BCUT2D eigenvalue weighted by Gasteiger charge is -2.12. The van der Waals surface area contributed by atoms with E-state index in [1.54, 1.807) is 12.1 Å². The van der Waals surface area contributed by atoms with Crippen LogP contribution in [0.1, 0.15) is 23.7 Å². The molecule has 2 N–H and O–H groups in total. The molecule has 0 radical (unpaired) electrons. The fourth-order valence-corrected chi connectivity index (χ4v) is 7.51. The maximum atomic E-state index is 14.3. The van der Waals surface area contributed by atoms with Crippen LogP contribution in [-0.4, -0.2) is 45.4 Å². The molecule has 11 heteroatoms. The number of nitrogens with one attached hydrogen (secondary N) is 2. The molecule has 1 fully saturated rings. The van der Waals surface area contributed by atoms with Crippen LogP contribution in [0.15, 0.2) is 47.4 Å². The van der Waals surface area contributed by atoms with E-state index in [4.69, 9.17) is 0 Å². The zero-order valence-electron chi connectivity index (χ0n) is 15.9. The molecule has 0 spiro atoms. The third-order valence-corrected chi connectivity index (χ3v) is 8.75. The van der Waals surface area contributed by atoms with Gasteiger partial charge in [0.1, 0.15) is 5.82 Å². The van der Waals surface area contributed by atoms with Crippen molar-refractivity contribution in [3.8, 4) is 0 Å². The molecule has 2 amide bonds. The second-order valence-electron chi connectivity index (χ2n) is 6.93. The average molecular weight is 455 g/mol. The number of carbonyl (C=O) groups is 2. The third kappa shape index (κ3) is 4.85. The number of amides is 2. The van der Waals surface area contributed by atoms with E-state index in [0.717, 1.165) is 18.2 Å². The number of benzene rings is 2. The quantitative estimate of drug-likeness (QED) is 0.666. The lowest BCUT2D eigenvalue weighted by molar-refractivity contribution is -0.114. The Kier molecular flexibility index (Phi) is 5.95. The van der Waals surface area contributed by atoms with Crippen molar-refractivity contribution in [2.24, 2.45) is 0 Å². The molecule has 1 aliphatic heterocycles. The van der Waals surface area contributed by atoms with Gasteiger partial charge in [0.25, 0.3) is 5.91 Å². The van der Waals surface area contributed by atoms with Crippen LogP contribution in [-0.2, 0) is 24.5 Å². The molecule has 3 rings (SSSR count). The molecule has 1 saturated heterocycles. The Hall–Kier alpha value is -2.79. The molecule has 1 atom stereocenters. The van der Waals surface area contributed by atoms with Gasteiger partial charge in [0.15, 0.2) is 19.7 Å². The van der Waals surface area contributed by atoms with Gasteiger partial charge >= 0.3 is 0 Å². The minimum Gasteiger partial charge on any atom is -0.326 e. The minimum atomic E-state index is -4.05. The van der Waals surface area contributed by atoms with Gasteiger partial charge in [-0.3, -0.25) is 9.59 Å². The fraction of sp³-hybridized carbons (Fsp3) is 0.263. The van der Waals surface area contributed by atoms with Crippen LogP contribution in [0.3, 0.4) is 0 Å². The number of sulfone groups is 2. The smallest absolute Gasteiger partial charge is 0.258 e. The predicted molar refractivity (Wildman–Crippen MR) is 109 cm³/mol. The molecular formula is C19H19FN2O6S2.